The van der Waals surface area contributed by atoms with Crippen LogP contribution < -0.4 is 14.5 Å². The standard InChI is InChI=1S/C19H25N2O2/c1-4-21(5-2)17-12-14(10-11-16(17)20-19(21)13-22)15-8-6-7-9-18(15)23-3/h6-12,19-20,22H,4-5,13H2,1-3H3/q+1. The van der Waals surface area contributed by atoms with Gasteiger partial charge >= 0.3 is 0 Å². The first kappa shape index (κ1) is 15.8. The highest BCUT2D eigenvalue weighted by molar-refractivity contribution is 5.82. The summed E-state index contributed by atoms with van der Waals surface area (Å²) < 4.78 is 6.26. The van der Waals surface area contributed by atoms with E-state index >= 15 is 0 Å². The summed E-state index contributed by atoms with van der Waals surface area (Å²) in [6.07, 6.45) is 0.0212. The van der Waals surface area contributed by atoms with Gasteiger partial charge in [-0.3, -0.25) is 4.48 Å². The van der Waals surface area contributed by atoms with Gasteiger partial charge in [-0.25, -0.2) is 0 Å². The van der Waals surface area contributed by atoms with E-state index in [0.29, 0.717) is 0 Å². The summed E-state index contributed by atoms with van der Waals surface area (Å²) >= 11 is 0. The average Bonchev–Trinajstić information content (AvgIpc) is 2.94. The van der Waals surface area contributed by atoms with Crippen molar-refractivity contribution >= 4 is 11.4 Å². The molecule has 4 nitrogen and oxygen atoms in total. The van der Waals surface area contributed by atoms with Crippen LogP contribution in [-0.4, -0.2) is 38.1 Å². The molecule has 122 valence electrons. The first-order valence-electron chi connectivity index (χ1n) is 8.22. The molecule has 0 spiro atoms. The Morgan fingerprint density at radius 1 is 1.13 bits per heavy atom. The maximum atomic E-state index is 9.81. The fraction of sp³-hybridized carbons (Fsp3) is 0.368. The molecule has 0 saturated carbocycles. The molecule has 1 heterocycles. The molecule has 0 aromatic heterocycles. The number of hydrogen-bond donors (Lipinski definition) is 2. The third kappa shape index (κ3) is 2.38. The van der Waals surface area contributed by atoms with Gasteiger partial charge in [0.1, 0.15) is 18.0 Å². The van der Waals surface area contributed by atoms with E-state index < -0.39 is 0 Å². The lowest BCUT2D eigenvalue weighted by atomic mass is 10.0. The molecule has 0 aliphatic carbocycles. The molecule has 0 bridgehead atoms. The van der Waals surface area contributed by atoms with E-state index in [4.69, 9.17) is 4.74 Å². The zero-order valence-corrected chi connectivity index (χ0v) is 14.0. The Hall–Kier alpha value is -2.04. The van der Waals surface area contributed by atoms with Crippen molar-refractivity contribution in [2.24, 2.45) is 0 Å². The van der Waals surface area contributed by atoms with E-state index in [1.54, 1.807) is 7.11 Å². The van der Waals surface area contributed by atoms with E-state index in [-0.39, 0.29) is 12.8 Å². The monoisotopic (exact) mass is 313 g/mol. The molecule has 0 radical (unpaired) electrons. The van der Waals surface area contributed by atoms with Crippen molar-refractivity contribution in [1.29, 1.82) is 0 Å². The smallest absolute Gasteiger partial charge is 0.190 e. The minimum absolute atomic E-state index is 0.0212. The number of nitrogens with zero attached hydrogens (tertiary/aromatic N) is 1. The van der Waals surface area contributed by atoms with Gasteiger partial charge in [-0.2, -0.15) is 0 Å². The van der Waals surface area contributed by atoms with E-state index in [1.165, 1.54) is 5.69 Å². The predicted molar refractivity (Wildman–Crippen MR) is 95.8 cm³/mol. The number of ether oxygens (including phenoxy) is 1. The normalized spacial score (nSPS) is 18.3. The molecule has 2 N–H and O–H groups in total. The first-order chi connectivity index (χ1) is 11.2. The van der Waals surface area contributed by atoms with Gasteiger partial charge < -0.3 is 15.2 Å². The van der Waals surface area contributed by atoms with E-state index in [2.05, 4.69) is 43.4 Å². The van der Waals surface area contributed by atoms with Crippen molar-refractivity contribution in [1.82, 2.24) is 4.48 Å². The minimum atomic E-state index is 0.0212. The summed E-state index contributed by atoms with van der Waals surface area (Å²) in [6, 6.07) is 14.6. The maximum absolute atomic E-state index is 9.81. The molecule has 2 aromatic carbocycles. The number of likely N-dealkylation sites (N-methyl/N-ethyl adjacent to an activating group) is 1. The topological polar surface area (TPSA) is 41.5 Å². The number of methoxy groups -OCH3 is 1. The summed E-state index contributed by atoms with van der Waals surface area (Å²) in [6.45, 7) is 6.37. The number of aliphatic hydroxyl groups is 1. The molecule has 0 fully saturated rings. The van der Waals surface area contributed by atoms with Crippen LogP contribution in [0.4, 0.5) is 11.4 Å². The van der Waals surface area contributed by atoms with Crippen LogP contribution in [0.3, 0.4) is 0 Å². The Morgan fingerprint density at radius 2 is 1.87 bits per heavy atom. The van der Waals surface area contributed by atoms with Gasteiger partial charge in [0.05, 0.1) is 20.2 Å². The van der Waals surface area contributed by atoms with Crippen LogP contribution >= 0.6 is 0 Å². The highest BCUT2D eigenvalue weighted by atomic mass is 16.5. The second kappa shape index (κ2) is 6.22. The lowest BCUT2D eigenvalue weighted by Crippen LogP contribution is -2.57. The zero-order valence-electron chi connectivity index (χ0n) is 14.0. The van der Waals surface area contributed by atoms with Crippen LogP contribution in [0.1, 0.15) is 13.8 Å². The van der Waals surface area contributed by atoms with Crippen molar-refractivity contribution in [2.45, 2.75) is 20.0 Å². The molecule has 0 amide bonds. The number of benzene rings is 2. The number of anilines is 1. The Labute approximate surface area is 137 Å². The summed E-state index contributed by atoms with van der Waals surface area (Å²) in [5.41, 5.74) is 4.60. The fourth-order valence-electron chi connectivity index (χ4n) is 3.75. The van der Waals surface area contributed by atoms with Crippen LogP contribution in [0, 0.1) is 0 Å². The molecule has 0 saturated heterocycles. The van der Waals surface area contributed by atoms with Gasteiger partial charge in [0.2, 0.25) is 0 Å². The highest BCUT2D eigenvalue weighted by Crippen LogP contribution is 2.44. The molecule has 4 heteroatoms. The molecule has 3 rings (SSSR count). The number of fused-ring (bicyclic) bond motifs is 1. The van der Waals surface area contributed by atoms with Crippen LogP contribution in [-0.2, 0) is 0 Å². The summed E-state index contributed by atoms with van der Waals surface area (Å²) in [5.74, 6) is 0.878. The molecule has 1 unspecified atom stereocenters. The predicted octanol–water partition coefficient (Wildman–Crippen LogP) is 3.45. The Balaban J connectivity index is 2.13. The van der Waals surface area contributed by atoms with Crippen LogP contribution in [0.5, 0.6) is 5.75 Å². The van der Waals surface area contributed by atoms with Gasteiger partial charge in [-0.15, -0.1) is 0 Å². The number of hydrogen-bond acceptors (Lipinski definition) is 3. The van der Waals surface area contributed by atoms with Gasteiger partial charge in [-0.1, -0.05) is 24.3 Å². The van der Waals surface area contributed by atoms with Crippen LogP contribution in [0.25, 0.3) is 11.1 Å². The average molecular weight is 313 g/mol. The van der Waals surface area contributed by atoms with Crippen LogP contribution in [0.2, 0.25) is 0 Å². The molecule has 1 aliphatic heterocycles. The lowest BCUT2D eigenvalue weighted by molar-refractivity contribution is 0.163. The third-order valence-electron chi connectivity index (χ3n) is 5.12. The van der Waals surface area contributed by atoms with Gasteiger partial charge in [0.25, 0.3) is 0 Å². The minimum Gasteiger partial charge on any atom is -0.496 e. The molecule has 23 heavy (non-hydrogen) atoms. The lowest BCUT2D eigenvalue weighted by Gasteiger charge is -2.36. The largest absolute Gasteiger partial charge is 0.496 e. The zero-order chi connectivity index (χ0) is 16.4. The second-order valence-corrected chi connectivity index (χ2v) is 5.94. The molecular weight excluding hydrogens is 288 g/mol. The Morgan fingerprint density at radius 3 is 2.52 bits per heavy atom. The van der Waals surface area contributed by atoms with Crippen molar-refractivity contribution in [3.8, 4) is 16.9 Å². The molecule has 1 atom stereocenters. The highest BCUT2D eigenvalue weighted by Gasteiger charge is 2.44. The van der Waals surface area contributed by atoms with Gasteiger partial charge in [0.15, 0.2) is 11.9 Å². The Bertz CT molecular complexity index is 696. The second-order valence-electron chi connectivity index (χ2n) is 5.94. The molecule has 2 aromatic rings. The quantitative estimate of drug-likeness (QED) is 0.831. The summed E-state index contributed by atoms with van der Waals surface area (Å²) in [7, 11) is 1.70. The van der Waals surface area contributed by atoms with Crippen molar-refractivity contribution in [3.05, 3.63) is 42.5 Å². The van der Waals surface area contributed by atoms with Gasteiger partial charge in [0, 0.05) is 11.6 Å². The first-order valence-corrected chi connectivity index (χ1v) is 8.22. The summed E-state index contributed by atoms with van der Waals surface area (Å²) in [5, 5.41) is 13.3. The number of aliphatic hydroxyl groups excluding tert-OH is 1. The summed E-state index contributed by atoms with van der Waals surface area (Å²) in [4.78, 5) is 0. The van der Waals surface area contributed by atoms with Gasteiger partial charge in [-0.05, 0) is 31.5 Å². The number of nitrogens with one attached hydrogen (secondary N) is 1. The van der Waals surface area contributed by atoms with Crippen molar-refractivity contribution in [2.75, 3.05) is 32.1 Å². The van der Waals surface area contributed by atoms with E-state index in [0.717, 1.165) is 40.1 Å². The number of quaternary nitrogens is 1. The van der Waals surface area contributed by atoms with E-state index in [1.807, 2.05) is 18.2 Å². The fourth-order valence-corrected chi connectivity index (χ4v) is 3.75. The maximum Gasteiger partial charge on any atom is 0.190 e. The third-order valence-corrected chi connectivity index (χ3v) is 5.12. The number of rotatable bonds is 5. The Kier molecular flexibility index (Phi) is 4.28. The van der Waals surface area contributed by atoms with Crippen LogP contribution in [0.15, 0.2) is 42.5 Å². The number of para-hydroxylation sites is 1. The van der Waals surface area contributed by atoms with E-state index in [9.17, 15) is 5.11 Å². The SMILES string of the molecule is CC[N+]1(CC)c2cc(-c3ccccc3OC)ccc2NC1CO. The molecule has 1 aliphatic rings. The van der Waals surface area contributed by atoms with Crippen molar-refractivity contribution < 1.29 is 9.84 Å². The van der Waals surface area contributed by atoms with Crippen molar-refractivity contribution in [3.63, 3.8) is 0 Å². The molecular formula is C19H25N2O2+.